The molecule has 0 atom stereocenters. The molecule has 1 aliphatic heterocycles. The van der Waals surface area contributed by atoms with Gasteiger partial charge in [0.2, 0.25) is 0 Å². The molecule has 0 unspecified atom stereocenters. The molecule has 1 saturated heterocycles. The summed E-state index contributed by atoms with van der Waals surface area (Å²) in [6.45, 7) is 4.50. The van der Waals surface area contributed by atoms with Gasteiger partial charge in [-0.05, 0) is 49.5 Å². The number of carbonyl (C=O) groups is 1. The highest BCUT2D eigenvalue weighted by molar-refractivity contribution is 5.97. The molecule has 3 rings (SSSR count). The molecule has 0 aromatic heterocycles. The van der Waals surface area contributed by atoms with Crippen molar-refractivity contribution in [2.75, 3.05) is 19.6 Å². The van der Waals surface area contributed by atoms with Crippen LogP contribution in [0.25, 0.3) is 0 Å². The van der Waals surface area contributed by atoms with Crippen LogP contribution in [-0.4, -0.2) is 30.5 Å². The van der Waals surface area contributed by atoms with Crippen molar-refractivity contribution in [3.05, 3.63) is 64.2 Å². The lowest BCUT2D eigenvalue weighted by atomic mass is 9.81. The number of amides is 1. The van der Waals surface area contributed by atoms with Gasteiger partial charge in [0.1, 0.15) is 11.5 Å². The van der Waals surface area contributed by atoms with E-state index < -0.39 is 4.92 Å². The van der Waals surface area contributed by atoms with E-state index in [0.29, 0.717) is 18.0 Å². The first kappa shape index (κ1) is 18.8. The van der Waals surface area contributed by atoms with E-state index in [9.17, 15) is 14.9 Å². The summed E-state index contributed by atoms with van der Waals surface area (Å²) in [5.74, 6) is 0.481. The lowest BCUT2D eigenvalue weighted by molar-refractivity contribution is -0.384. The number of para-hydroxylation sites is 1. The van der Waals surface area contributed by atoms with Crippen LogP contribution in [0.4, 0.5) is 5.69 Å². The Morgan fingerprint density at radius 2 is 1.93 bits per heavy atom. The van der Waals surface area contributed by atoms with Crippen molar-refractivity contribution in [1.82, 2.24) is 10.6 Å². The van der Waals surface area contributed by atoms with Crippen molar-refractivity contribution in [3.63, 3.8) is 0 Å². The van der Waals surface area contributed by atoms with Gasteiger partial charge in [-0.2, -0.15) is 0 Å². The molecule has 0 aliphatic carbocycles. The van der Waals surface area contributed by atoms with Crippen LogP contribution >= 0.6 is 0 Å². The highest BCUT2D eigenvalue weighted by atomic mass is 16.6. The van der Waals surface area contributed by atoms with Gasteiger partial charge < -0.3 is 15.4 Å². The Balaban J connectivity index is 1.81. The van der Waals surface area contributed by atoms with Gasteiger partial charge in [0.15, 0.2) is 0 Å². The molecule has 0 bridgehead atoms. The summed E-state index contributed by atoms with van der Waals surface area (Å²) in [5.41, 5.74) is 0.0291. The van der Waals surface area contributed by atoms with Crippen LogP contribution in [0.5, 0.6) is 11.5 Å². The summed E-state index contributed by atoms with van der Waals surface area (Å²) in [7, 11) is 0. The number of piperidine rings is 1. The molecule has 0 spiro atoms. The number of nitro benzene ring substituents is 1. The normalized spacial score (nSPS) is 15.7. The monoisotopic (exact) mass is 369 g/mol. The molecular formula is C20H23N3O4. The number of carbonyl (C=O) groups excluding carboxylic acids is 1. The number of nitrogens with zero attached hydrogens (tertiary/aromatic N) is 1. The molecule has 2 N–H and O–H groups in total. The topological polar surface area (TPSA) is 93.5 Å². The molecule has 1 heterocycles. The Kier molecular flexibility index (Phi) is 5.71. The van der Waals surface area contributed by atoms with Crippen molar-refractivity contribution in [1.29, 1.82) is 0 Å². The van der Waals surface area contributed by atoms with Gasteiger partial charge in [0.05, 0.1) is 10.5 Å². The second-order valence-electron chi connectivity index (χ2n) is 7.10. The smallest absolute Gasteiger partial charge is 0.270 e. The molecule has 2 aromatic carbocycles. The maximum absolute atomic E-state index is 12.8. The van der Waals surface area contributed by atoms with Crippen molar-refractivity contribution in [3.8, 4) is 11.5 Å². The fourth-order valence-electron chi connectivity index (χ4n) is 3.11. The van der Waals surface area contributed by atoms with E-state index in [-0.39, 0.29) is 22.6 Å². The molecule has 142 valence electrons. The summed E-state index contributed by atoms with van der Waals surface area (Å²) < 4.78 is 5.79. The second-order valence-corrected chi connectivity index (χ2v) is 7.10. The number of rotatable bonds is 6. The largest absolute Gasteiger partial charge is 0.457 e. The van der Waals surface area contributed by atoms with E-state index >= 15 is 0 Å². The van der Waals surface area contributed by atoms with E-state index in [1.807, 2.05) is 18.2 Å². The van der Waals surface area contributed by atoms with Crippen LogP contribution in [0.1, 0.15) is 30.1 Å². The van der Waals surface area contributed by atoms with Gasteiger partial charge in [-0.25, -0.2) is 0 Å². The third-order valence-electron chi connectivity index (χ3n) is 4.88. The molecule has 1 amide bonds. The minimum absolute atomic E-state index is 0.0159. The SMILES string of the molecule is CC1(CNC(=O)c2cc([N+](=O)[O-])ccc2Oc2ccccc2)CCNCC1. The molecule has 2 aromatic rings. The highest BCUT2D eigenvalue weighted by Crippen LogP contribution is 2.30. The summed E-state index contributed by atoms with van der Waals surface area (Å²) >= 11 is 0. The van der Waals surface area contributed by atoms with Gasteiger partial charge >= 0.3 is 0 Å². The third-order valence-corrected chi connectivity index (χ3v) is 4.88. The standard InChI is InChI=1S/C20H23N3O4/c1-20(9-11-21-12-10-20)14-22-19(24)17-13-15(23(25)26)7-8-18(17)27-16-5-3-2-4-6-16/h2-8,13,21H,9-12,14H2,1H3,(H,22,24). The fraction of sp³-hybridized carbons (Fsp3) is 0.350. The van der Waals surface area contributed by atoms with Crippen LogP contribution in [0.3, 0.4) is 0 Å². The van der Waals surface area contributed by atoms with E-state index in [1.54, 1.807) is 12.1 Å². The Morgan fingerprint density at radius 3 is 2.59 bits per heavy atom. The average molecular weight is 369 g/mol. The zero-order chi connectivity index (χ0) is 19.3. The maximum Gasteiger partial charge on any atom is 0.270 e. The average Bonchev–Trinajstić information content (AvgIpc) is 2.68. The summed E-state index contributed by atoms with van der Waals surface area (Å²) in [4.78, 5) is 23.4. The molecule has 7 heteroatoms. The van der Waals surface area contributed by atoms with Crippen LogP contribution in [0.15, 0.2) is 48.5 Å². The fourth-order valence-corrected chi connectivity index (χ4v) is 3.11. The van der Waals surface area contributed by atoms with E-state index in [4.69, 9.17) is 4.74 Å². The van der Waals surface area contributed by atoms with Crippen LogP contribution < -0.4 is 15.4 Å². The van der Waals surface area contributed by atoms with Gasteiger partial charge in [-0.3, -0.25) is 14.9 Å². The van der Waals surface area contributed by atoms with Crippen molar-refractivity contribution < 1.29 is 14.5 Å². The lowest BCUT2D eigenvalue weighted by Gasteiger charge is -2.34. The van der Waals surface area contributed by atoms with Gasteiger partial charge in [0.25, 0.3) is 11.6 Å². The molecule has 7 nitrogen and oxygen atoms in total. The Morgan fingerprint density at radius 1 is 1.22 bits per heavy atom. The van der Waals surface area contributed by atoms with Crippen molar-refractivity contribution in [2.24, 2.45) is 5.41 Å². The third kappa shape index (κ3) is 4.83. The summed E-state index contributed by atoms with van der Waals surface area (Å²) in [5, 5.41) is 17.4. The second kappa shape index (κ2) is 8.18. The van der Waals surface area contributed by atoms with Crippen LogP contribution in [0, 0.1) is 15.5 Å². The summed E-state index contributed by atoms with van der Waals surface area (Å²) in [6.07, 6.45) is 1.94. The first-order valence-corrected chi connectivity index (χ1v) is 8.97. The minimum Gasteiger partial charge on any atom is -0.457 e. The number of hydrogen-bond donors (Lipinski definition) is 2. The zero-order valence-corrected chi connectivity index (χ0v) is 15.2. The number of non-ortho nitro benzene ring substituents is 1. The van der Waals surface area contributed by atoms with E-state index in [1.165, 1.54) is 18.2 Å². The molecule has 1 aliphatic rings. The maximum atomic E-state index is 12.8. The minimum atomic E-state index is -0.517. The quantitative estimate of drug-likeness (QED) is 0.600. The zero-order valence-electron chi connectivity index (χ0n) is 15.2. The van der Waals surface area contributed by atoms with E-state index in [2.05, 4.69) is 17.6 Å². The van der Waals surface area contributed by atoms with Gasteiger partial charge in [-0.1, -0.05) is 25.1 Å². The molecule has 1 fully saturated rings. The predicted octanol–water partition coefficient (Wildman–Crippen LogP) is 3.51. The van der Waals surface area contributed by atoms with Gasteiger partial charge in [-0.15, -0.1) is 0 Å². The number of hydrogen-bond acceptors (Lipinski definition) is 5. The Labute approximate surface area is 157 Å². The highest BCUT2D eigenvalue weighted by Gasteiger charge is 2.28. The van der Waals surface area contributed by atoms with Gasteiger partial charge in [0, 0.05) is 18.7 Å². The van der Waals surface area contributed by atoms with E-state index in [0.717, 1.165) is 25.9 Å². The molecular weight excluding hydrogens is 346 g/mol. The first-order chi connectivity index (χ1) is 13.0. The van der Waals surface area contributed by atoms with Crippen molar-refractivity contribution >= 4 is 11.6 Å². The lowest BCUT2D eigenvalue weighted by Crippen LogP contribution is -2.42. The Hall–Kier alpha value is -2.93. The molecule has 0 saturated carbocycles. The first-order valence-electron chi connectivity index (χ1n) is 8.97. The molecule has 27 heavy (non-hydrogen) atoms. The number of nitro groups is 1. The molecule has 0 radical (unpaired) electrons. The number of nitrogens with one attached hydrogen (secondary N) is 2. The summed E-state index contributed by atoms with van der Waals surface area (Å²) in [6, 6.07) is 13.1. The van der Waals surface area contributed by atoms with Crippen LogP contribution in [-0.2, 0) is 0 Å². The predicted molar refractivity (Wildman–Crippen MR) is 102 cm³/mol. The van der Waals surface area contributed by atoms with Crippen molar-refractivity contribution in [2.45, 2.75) is 19.8 Å². The number of ether oxygens (including phenoxy) is 1. The number of benzene rings is 2. The Bertz CT molecular complexity index is 817. The van der Waals surface area contributed by atoms with Crippen LogP contribution in [0.2, 0.25) is 0 Å².